The standard InChI is InChI=1S/C21H24N4O4/c1-21(2,3)25-19(28)15-6-5-14(13-16(15)20(25)29)18(27)24-10-4-9-23(11-12-24)17(26)7-8-22/h5-6,13H,4,7,9-12H2,1-3H3. The number of rotatable bonds is 2. The van der Waals surface area contributed by atoms with E-state index in [-0.39, 0.29) is 29.7 Å². The van der Waals surface area contributed by atoms with Crippen molar-refractivity contribution in [2.75, 3.05) is 26.2 Å². The molecule has 1 fully saturated rings. The zero-order valence-corrected chi connectivity index (χ0v) is 16.9. The summed E-state index contributed by atoms with van der Waals surface area (Å²) >= 11 is 0. The second-order valence-electron chi connectivity index (χ2n) is 8.24. The van der Waals surface area contributed by atoms with Crippen LogP contribution in [0.5, 0.6) is 0 Å². The van der Waals surface area contributed by atoms with Gasteiger partial charge in [0.05, 0.1) is 17.2 Å². The lowest BCUT2D eigenvalue weighted by Gasteiger charge is -2.29. The van der Waals surface area contributed by atoms with Crippen LogP contribution in [0.1, 0.15) is 64.7 Å². The van der Waals surface area contributed by atoms with Crippen LogP contribution in [0.4, 0.5) is 0 Å². The summed E-state index contributed by atoms with van der Waals surface area (Å²) < 4.78 is 0. The number of nitrogens with zero attached hydrogens (tertiary/aromatic N) is 4. The Morgan fingerprint density at radius 2 is 1.62 bits per heavy atom. The largest absolute Gasteiger partial charge is 0.340 e. The van der Waals surface area contributed by atoms with Crippen LogP contribution in [0.2, 0.25) is 0 Å². The van der Waals surface area contributed by atoms with Gasteiger partial charge in [0.2, 0.25) is 5.91 Å². The van der Waals surface area contributed by atoms with Crippen molar-refractivity contribution in [1.82, 2.24) is 14.7 Å². The van der Waals surface area contributed by atoms with E-state index in [1.807, 2.05) is 6.07 Å². The highest BCUT2D eigenvalue weighted by Gasteiger charge is 2.42. The molecule has 8 nitrogen and oxygen atoms in total. The van der Waals surface area contributed by atoms with E-state index in [0.29, 0.717) is 43.7 Å². The molecule has 1 aromatic carbocycles. The van der Waals surface area contributed by atoms with E-state index in [0.717, 1.165) is 0 Å². The Bertz CT molecular complexity index is 926. The van der Waals surface area contributed by atoms with Crippen molar-refractivity contribution in [2.24, 2.45) is 0 Å². The van der Waals surface area contributed by atoms with Gasteiger partial charge in [-0.2, -0.15) is 5.26 Å². The van der Waals surface area contributed by atoms with Crippen LogP contribution < -0.4 is 0 Å². The van der Waals surface area contributed by atoms with Gasteiger partial charge in [-0.15, -0.1) is 0 Å². The van der Waals surface area contributed by atoms with Crippen molar-refractivity contribution in [2.45, 2.75) is 39.2 Å². The van der Waals surface area contributed by atoms with Gasteiger partial charge in [-0.3, -0.25) is 24.1 Å². The fourth-order valence-electron chi connectivity index (χ4n) is 3.72. The molecular weight excluding hydrogens is 372 g/mol. The number of amides is 4. The van der Waals surface area contributed by atoms with E-state index in [9.17, 15) is 19.2 Å². The minimum absolute atomic E-state index is 0.167. The quantitative estimate of drug-likeness (QED) is 0.708. The number of carbonyl (C=O) groups is 4. The van der Waals surface area contributed by atoms with Crippen molar-refractivity contribution in [3.8, 4) is 6.07 Å². The average Bonchev–Trinajstić information content (AvgIpc) is 2.82. The predicted octanol–water partition coefficient (Wildman–Crippen LogP) is 1.67. The fraction of sp³-hybridized carbons (Fsp3) is 0.476. The Kier molecular flexibility index (Phi) is 5.42. The summed E-state index contributed by atoms with van der Waals surface area (Å²) in [5, 5.41) is 8.70. The molecule has 0 spiro atoms. The lowest BCUT2D eigenvalue weighted by Crippen LogP contribution is -2.45. The van der Waals surface area contributed by atoms with Crippen molar-refractivity contribution < 1.29 is 19.2 Å². The molecule has 2 aliphatic heterocycles. The highest BCUT2D eigenvalue weighted by Crippen LogP contribution is 2.30. The monoisotopic (exact) mass is 396 g/mol. The molecule has 0 radical (unpaired) electrons. The van der Waals surface area contributed by atoms with Crippen LogP contribution in [0.15, 0.2) is 18.2 Å². The summed E-state index contributed by atoms with van der Waals surface area (Å²) in [4.78, 5) is 54.7. The van der Waals surface area contributed by atoms with Crippen LogP contribution in [0, 0.1) is 11.3 Å². The first-order valence-electron chi connectivity index (χ1n) is 9.62. The molecule has 0 aliphatic carbocycles. The maximum Gasteiger partial charge on any atom is 0.262 e. The number of hydrogen-bond acceptors (Lipinski definition) is 5. The lowest BCUT2D eigenvalue weighted by molar-refractivity contribution is -0.130. The van der Waals surface area contributed by atoms with Crippen LogP contribution in [-0.4, -0.2) is 70.0 Å². The number of fused-ring (bicyclic) bond motifs is 1. The minimum atomic E-state index is -0.651. The van der Waals surface area contributed by atoms with Gasteiger partial charge >= 0.3 is 0 Å². The maximum atomic E-state index is 13.0. The Hall–Kier alpha value is -3.21. The number of hydrogen-bond donors (Lipinski definition) is 0. The van der Waals surface area contributed by atoms with Gasteiger partial charge in [0.1, 0.15) is 6.42 Å². The van der Waals surface area contributed by atoms with E-state index in [2.05, 4.69) is 0 Å². The molecule has 3 rings (SSSR count). The van der Waals surface area contributed by atoms with Crippen LogP contribution in [0.25, 0.3) is 0 Å². The molecule has 0 N–H and O–H groups in total. The number of nitriles is 1. The topological polar surface area (TPSA) is 102 Å². The Balaban J connectivity index is 1.78. The molecule has 2 aliphatic rings. The predicted molar refractivity (Wildman–Crippen MR) is 104 cm³/mol. The lowest BCUT2D eigenvalue weighted by atomic mass is 10.0. The first-order chi connectivity index (χ1) is 13.6. The molecule has 1 saturated heterocycles. The second kappa shape index (κ2) is 7.66. The van der Waals surface area contributed by atoms with Crippen LogP contribution in [0.3, 0.4) is 0 Å². The van der Waals surface area contributed by atoms with E-state index in [4.69, 9.17) is 5.26 Å². The SMILES string of the molecule is CC(C)(C)N1C(=O)c2ccc(C(=O)N3CCCN(C(=O)CC#N)CC3)cc2C1=O. The summed E-state index contributed by atoms with van der Waals surface area (Å²) in [6.07, 6.45) is 0.447. The third-order valence-electron chi connectivity index (χ3n) is 5.17. The smallest absolute Gasteiger partial charge is 0.262 e. The van der Waals surface area contributed by atoms with E-state index in [1.54, 1.807) is 36.6 Å². The van der Waals surface area contributed by atoms with Crippen LogP contribution in [-0.2, 0) is 4.79 Å². The molecular formula is C21H24N4O4. The van der Waals surface area contributed by atoms with Gasteiger partial charge in [0, 0.05) is 37.3 Å². The van der Waals surface area contributed by atoms with Crippen LogP contribution >= 0.6 is 0 Å². The summed E-state index contributed by atoms with van der Waals surface area (Å²) in [6, 6.07) is 6.46. The minimum Gasteiger partial charge on any atom is -0.340 e. The number of imide groups is 1. The fourth-order valence-corrected chi connectivity index (χ4v) is 3.72. The molecule has 2 heterocycles. The zero-order valence-electron chi connectivity index (χ0n) is 16.9. The van der Waals surface area contributed by atoms with Gasteiger partial charge in [-0.05, 0) is 45.4 Å². The Labute approximate surface area is 169 Å². The summed E-state index contributed by atoms with van der Waals surface area (Å²) in [5.74, 6) is -1.21. The first kappa shape index (κ1) is 20.5. The van der Waals surface area contributed by atoms with Gasteiger partial charge in [0.15, 0.2) is 0 Å². The highest BCUT2D eigenvalue weighted by molar-refractivity contribution is 6.22. The zero-order chi connectivity index (χ0) is 21.3. The molecule has 0 saturated carbocycles. The number of carbonyl (C=O) groups excluding carboxylic acids is 4. The summed E-state index contributed by atoms with van der Waals surface area (Å²) in [5.41, 5.74) is 0.251. The molecule has 1 aromatic rings. The van der Waals surface area contributed by atoms with Crippen molar-refractivity contribution in [3.05, 3.63) is 34.9 Å². The first-order valence-corrected chi connectivity index (χ1v) is 9.62. The van der Waals surface area contributed by atoms with Gasteiger partial charge in [0.25, 0.3) is 17.7 Å². The third kappa shape index (κ3) is 3.86. The number of benzene rings is 1. The molecule has 0 aromatic heterocycles. The van der Waals surface area contributed by atoms with E-state index < -0.39 is 11.4 Å². The molecule has 8 heteroatoms. The molecule has 4 amide bonds. The third-order valence-corrected chi connectivity index (χ3v) is 5.17. The Morgan fingerprint density at radius 3 is 2.28 bits per heavy atom. The summed E-state index contributed by atoms with van der Waals surface area (Å²) in [6.45, 7) is 7.07. The highest BCUT2D eigenvalue weighted by atomic mass is 16.2. The second-order valence-corrected chi connectivity index (χ2v) is 8.24. The van der Waals surface area contributed by atoms with Crippen molar-refractivity contribution in [1.29, 1.82) is 5.26 Å². The van der Waals surface area contributed by atoms with Gasteiger partial charge < -0.3 is 9.80 Å². The van der Waals surface area contributed by atoms with Crippen molar-refractivity contribution in [3.63, 3.8) is 0 Å². The molecule has 29 heavy (non-hydrogen) atoms. The molecule has 152 valence electrons. The van der Waals surface area contributed by atoms with E-state index >= 15 is 0 Å². The molecule has 0 unspecified atom stereocenters. The normalized spacial score (nSPS) is 17.1. The average molecular weight is 396 g/mol. The maximum absolute atomic E-state index is 13.0. The van der Waals surface area contributed by atoms with Gasteiger partial charge in [-0.25, -0.2) is 0 Å². The van der Waals surface area contributed by atoms with Gasteiger partial charge in [-0.1, -0.05) is 0 Å². The Morgan fingerprint density at radius 1 is 1.00 bits per heavy atom. The van der Waals surface area contributed by atoms with E-state index in [1.165, 1.54) is 17.0 Å². The van der Waals surface area contributed by atoms with Crippen molar-refractivity contribution >= 4 is 23.6 Å². The molecule has 0 atom stereocenters. The molecule has 0 bridgehead atoms. The summed E-state index contributed by atoms with van der Waals surface area (Å²) in [7, 11) is 0.